The molecule has 0 saturated heterocycles. The Kier molecular flexibility index (Phi) is 5.47. The van der Waals surface area contributed by atoms with Gasteiger partial charge in [0.15, 0.2) is 0 Å². The summed E-state index contributed by atoms with van der Waals surface area (Å²) < 4.78 is 0. The predicted molar refractivity (Wildman–Crippen MR) is 102 cm³/mol. The molecule has 3 aromatic carbocycles. The number of benzene rings is 3. The van der Waals surface area contributed by atoms with E-state index in [0.29, 0.717) is 0 Å². The summed E-state index contributed by atoms with van der Waals surface area (Å²) in [6.45, 7) is 4.93. The molecule has 0 amide bonds. The van der Waals surface area contributed by atoms with Gasteiger partial charge in [-0.15, -0.1) is 0 Å². The lowest BCUT2D eigenvalue weighted by molar-refractivity contribution is 0.270. The van der Waals surface area contributed by atoms with Crippen molar-refractivity contribution in [2.45, 2.75) is 19.0 Å². The predicted octanol–water partition coefficient (Wildman–Crippen LogP) is 5.62. The highest BCUT2D eigenvalue weighted by molar-refractivity contribution is 5.25. The number of hydrogen-bond acceptors (Lipinski definition) is 1. The molecule has 0 heterocycles. The van der Waals surface area contributed by atoms with Crippen LogP contribution >= 0.6 is 0 Å². The Hall–Kier alpha value is -2.80. The Balaban J connectivity index is 1.88. The van der Waals surface area contributed by atoms with Gasteiger partial charge in [-0.1, -0.05) is 97.6 Å². The standard InChI is InChI=1S/C23H23N/c1-2-24(19-21-14-8-4-9-15-21)23(22-16-10-5-11-17-22)18-20-12-6-3-7-13-20/h2-17,23H,1,18-19H2. The van der Waals surface area contributed by atoms with Gasteiger partial charge in [0.2, 0.25) is 0 Å². The molecule has 0 aliphatic carbocycles. The van der Waals surface area contributed by atoms with Crippen molar-refractivity contribution in [2.75, 3.05) is 0 Å². The first-order valence-corrected chi connectivity index (χ1v) is 8.38. The maximum Gasteiger partial charge on any atom is 0.0580 e. The molecule has 0 N–H and O–H groups in total. The summed E-state index contributed by atoms with van der Waals surface area (Å²) in [6.07, 6.45) is 2.93. The smallest absolute Gasteiger partial charge is 0.0580 e. The molecule has 1 nitrogen and oxygen atoms in total. The van der Waals surface area contributed by atoms with Crippen molar-refractivity contribution in [2.24, 2.45) is 0 Å². The molecule has 0 fully saturated rings. The molecule has 3 aromatic rings. The second kappa shape index (κ2) is 8.16. The van der Waals surface area contributed by atoms with E-state index in [1.165, 1.54) is 16.7 Å². The summed E-state index contributed by atoms with van der Waals surface area (Å²) in [5, 5.41) is 0. The summed E-state index contributed by atoms with van der Waals surface area (Å²) in [7, 11) is 0. The molecule has 0 radical (unpaired) electrons. The summed E-state index contributed by atoms with van der Waals surface area (Å²) in [5.41, 5.74) is 3.95. The third-order valence-electron chi connectivity index (χ3n) is 4.30. The molecule has 1 atom stereocenters. The van der Waals surface area contributed by atoms with Crippen LogP contribution in [0.2, 0.25) is 0 Å². The molecule has 0 saturated carbocycles. The van der Waals surface area contributed by atoms with Gasteiger partial charge < -0.3 is 4.90 Å². The zero-order chi connectivity index (χ0) is 16.6. The van der Waals surface area contributed by atoms with Gasteiger partial charge in [-0.2, -0.15) is 0 Å². The minimum absolute atomic E-state index is 0.270. The van der Waals surface area contributed by atoms with Crippen molar-refractivity contribution >= 4 is 0 Å². The maximum absolute atomic E-state index is 4.07. The molecule has 0 aromatic heterocycles. The van der Waals surface area contributed by atoms with Crippen LogP contribution in [0.15, 0.2) is 104 Å². The molecular formula is C23H23N. The van der Waals surface area contributed by atoms with Crippen molar-refractivity contribution in [3.63, 3.8) is 0 Å². The van der Waals surface area contributed by atoms with Crippen LogP contribution in [0.5, 0.6) is 0 Å². The average molecular weight is 313 g/mol. The minimum atomic E-state index is 0.270. The zero-order valence-electron chi connectivity index (χ0n) is 13.9. The van der Waals surface area contributed by atoms with E-state index in [1.807, 2.05) is 6.20 Å². The molecule has 1 unspecified atom stereocenters. The molecule has 0 aliphatic rings. The fourth-order valence-corrected chi connectivity index (χ4v) is 3.04. The van der Waals surface area contributed by atoms with Gasteiger partial charge in [-0.3, -0.25) is 0 Å². The van der Waals surface area contributed by atoms with Crippen molar-refractivity contribution in [1.82, 2.24) is 4.90 Å². The highest BCUT2D eigenvalue weighted by Crippen LogP contribution is 2.27. The van der Waals surface area contributed by atoms with Crippen LogP contribution in [0.3, 0.4) is 0 Å². The van der Waals surface area contributed by atoms with Gasteiger partial charge in [0.25, 0.3) is 0 Å². The lowest BCUT2D eigenvalue weighted by Crippen LogP contribution is -2.25. The normalized spacial score (nSPS) is 11.7. The minimum Gasteiger partial charge on any atom is -0.366 e. The third kappa shape index (κ3) is 4.14. The van der Waals surface area contributed by atoms with Crippen LogP contribution in [0, 0.1) is 0 Å². The summed E-state index contributed by atoms with van der Waals surface area (Å²) >= 11 is 0. The highest BCUT2D eigenvalue weighted by Gasteiger charge is 2.18. The monoisotopic (exact) mass is 313 g/mol. The topological polar surface area (TPSA) is 3.24 Å². The Morgan fingerprint density at radius 3 is 1.75 bits per heavy atom. The molecule has 0 bridgehead atoms. The van der Waals surface area contributed by atoms with Crippen LogP contribution in [-0.4, -0.2) is 4.90 Å². The third-order valence-corrected chi connectivity index (χ3v) is 4.30. The summed E-state index contributed by atoms with van der Waals surface area (Å²) in [4.78, 5) is 2.33. The molecule has 3 rings (SSSR count). The van der Waals surface area contributed by atoms with Crippen LogP contribution < -0.4 is 0 Å². The first-order valence-electron chi connectivity index (χ1n) is 8.38. The lowest BCUT2D eigenvalue weighted by Gasteiger charge is -2.31. The van der Waals surface area contributed by atoms with E-state index in [9.17, 15) is 0 Å². The first kappa shape index (κ1) is 16.1. The molecule has 1 heteroatoms. The van der Waals surface area contributed by atoms with E-state index in [0.717, 1.165) is 13.0 Å². The quantitative estimate of drug-likeness (QED) is 0.547. The van der Waals surface area contributed by atoms with Crippen LogP contribution in [-0.2, 0) is 13.0 Å². The molecule has 0 aliphatic heterocycles. The van der Waals surface area contributed by atoms with Gasteiger partial charge in [-0.05, 0) is 29.3 Å². The van der Waals surface area contributed by atoms with E-state index >= 15 is 0 Å². The summed E-state index contributed by atoms with van der Waals surface area (Å²) in [6, 6.07) is 32.2. The number of hydrogen-bond donors (Lipinski definition) is 0. The first-order chi connectivity index (χ1) is 11.9. The Morgan fingerprint density at radius 1 is 0.708 bits per heavy atom. The summed E-state index contributed by atoms with van der Waals surface area (Å²) in [5.74, 6) is 0. The largest absolute Gasteiger partial charge is 0.366 e. The van der Waals surface area contributed by atoms with Gasteiger partial charge in [0, 0.05) is 6.54 Å². The fourth-order valence-electron chi connectivity index (χ4n) is 3.04. The molecular weight excluding hydrogens is 290 g/mol. The Morgan fingerprint density at radius 2 is 1.21 bits per heavy atom. The van der Waals surface area contributed by atoms with Crippen molar-refractivity contribution in [3.8, 4) is 0 Å². The second-order valence-corrected chi connectivity index (χ2v) is 5.96. The molecule has 120 valence electrons. The van der Waals surface area contributed by atoms with E-state index in [-0.39, 0.29) is 6.04 Å². The van der Waals surface area contributed by atoms with E-state index in [2.05, 4.69) is 102 Å². The van der Waals surface area contributed by atoms with Crippen molar-refractivity contribution in [3.05, 3.63) is 120 Å². The van der Waals surface area contributed by atoms with Gasteiger partial charge in [0.05, 0.1) is 6.04 Å². The number of rotatable bonds is 7. The second-order valence-electron chi connectivity index (χ2n) is 5.96. The van der Waals surface area contributed by atoms with E-state index in [1.54, 1.807) is 0 Å². The number of nitrogens with zero attached hydrogens (tertiary/aromatic N) is 1. The van der Waals surface area contributed by atoms with Crippen LogP contribution in [0.1, 0.15) is 22.7 Å². The maximum atomic E-state index is 4.07. The van der Waals surface area contributed by atoms with Crippen molar-refractivity contribution in [1.29, 1.82) is 0 Å². The van der Waals surface area contributed by atoms with Gasteiger partial charge in [0.1, 0.15) is 0 Å². The fraction of sp³-hybridized carbons (Fsp3) is 0.130. The molecule has 24 heavy (non-hydrogen) atoms. The van der Waals surface area contributed by atoms with Crippen molar-refractivity contribution < 1.29 is 0 Å². The average Bonchev–Trinajstić information content (AvgIpc) is 2.67. The van der Waals surface area contributed by atoms with E-state index < -0.39 is 0 Å². The van der Waals surface area contributed by atoms with Crippen LogP contribution in [0.4, 0.5) is 0 Å². The van der Waals surface area contributed by atoms with Crippen LogP contribution in [0.25, 0.3) is 0 Å². The zero-order valence-corrected chi connectivity index (χ0v) is 13.9. The van der Waals surface area contributed by atoms with Gasteiger partial charge in [-0.25, -0.2) is 0 Å². The van der Waals surface area contributed by atoms with Gasteiger partial charge >= 0.3 is 0 Å². The molecule has 0 spiro atoms. The SMILES string of the molecule is C=CN(Cc1ccccc1)C(Cc1ccccc1)c1ccccc1. The lowest BCUT2D eigenvalue weighted by atomic mass is 9.97. The highest BCUT2D eigenvalue weighted by atomic mass is 15.1. The van der Waals surface area contributed by atoms with E-state index in [4.69, 9.17) is 0 Å². The Labute approximate surface area is 144 Å². The Bertz CT molecular complexity index is 735.